The Bertz CT molecular complexity index is 647. The van der Waals surface area contributed by atoms with E-state index >= 15 is 0 Å². The summed E-state index contributed by atoms with van der Waals surface area (Å²) in [6.45, 7) is 9.27. The maximum absolute atomic E-state index is 13.0. The van der Waals surface area contributed by atoms with E-state index in [9.17, 15) is 4.79 Å². The number of para-hydroxylation sites is 1. The fourth-order valence-corrected chi connectivity index (χ4v) is 3.20. The van der Waals surface area contributed by atoms with Crippen molar-refractivity contribution >= 4 is 11.6 Å². The summed E-state index contributed by atoms with van der Waals surface area (Å²) in [4.78, 5) is 19.5. The van der Waals surface area contributed by atoms with Gasteiger partial charge in [0.15, 0.2) is 0 Å². The van der Waals surface area contributed by atoms with Gasteiger partial charge in [-0.05, 0) is 38.1 Å². The van der Waals surface area contributed by atoms with Gasteiger partial charge in [0.05, 0.1) is 19.4 Å². The average Bonchev–Trinajstić information content (AvgIpc) is 3.14. The zero-order chi connectivity index (χ0) is 17.6. The summed E-state index contributed by atoms with van der Waals surface area (Å²) in [5.74, 6) is 0.905. The summed E-state index contributed by atoms with van der Waals surface area (Å²) in [7, 11) is 0. The van der Waals surface area contributed by atoms with Crippen LogP contribution in [0.2, 0.25) is 0 Å². The van der Waals surface area contributed by atoms with Crippen molar-refractivity contribution in [2.24, 2.45) is 0 Å². The first-order valence-electron chi connectivity index (χ1n) is 8.97. The Labute approximate surface area is 149 Å². The molecule has 0 N–H and O–H groups in total. The van der Waals surface area contributed by atoms with Crippen molar-refractivity contribution in [3.05, 3.63) is 54.5 Å². The second kappa shape index (κ2) is 8.32. The van der Waals surface area contributed by atoms with E-state index in [1.807, 2.05) is 47.4 Å². The number of nitrogens with zero attached hydrogens (tertiary/aromatic N) is 3. The molecule has 5 heteroatoms. The number of amides is 1. The van der Waals surface area contributed by atoms with Crippen molar-refractivity contribution in [1.82, 2.24) is 9.80 Å². The molecule has 2 aromatic rings. The van der Waals surface area contributed by atoms with Gasteiger partial charge in [-0.15, -0.1) is 0 Å². The van der Waals surface area contributed by atoms with E-state index in [-0.39, 0.29) is 5.91 Å². The van der Waals surface area contributed by atoms with E-state index in [0.29, 0.717) is 19.1 Å². The molecule has 0 saturated carbocycles. The molecule has 0 atom stereocenters. The third-order valence-electron chi connectivity index (χ3n) is 4.76. The molecule has 5 nitrogen and oxygen atoms in total. The minimum atomic E-state index is 0.112. The lowest BCUT2D eigenvalue weighted by molar-refractivity contribution is -0.120. The molecular formula is C20H27N3O2. The van der Waals surface area contributed by atoms with Crippen LogP contribution in [0.4, 0.5) is 5.69 Å². The maximum Gasteiger partial charge on any atom is 0.241 e. The number of hydrogen-bond donors (Lipinski definition) is 0. The Morgan fingerprint density at radius 3 is 2.40 bits per heavy atom. The summed E-state index contributed by atoms with van der Waals surface area (Å²) < 4.78 is 5.45. The molecule has 1 amide bonds. The van der Waals surface area contributed by atoms with Crippen molar-refractivity contribution in [1.29, 1.82) is 0 Å². The Morgan fingerprint density at radius 2 is 1.80 bits per heavy atom. The molecule has 0 aliphatic carbocycles. The normalized spacial score (nSPS) is 16.3. The molecule has 1 fully saturated rings. The van der Waals surface area contributed by atoms with Gasteiger partial charge in [-0.1, -0.05) is 18.2 Å². The number of carbonyl (C=O) groups excluding carboxylic acids is 1. The van der Waals surface area contributed by atoms with Crippen LogP contribution in [0.15, 0.2) is 53.1 Å². The zero-order valence-corrected chi connectivity index (χ0v) is 15.1. The minimum Gasteiger partial charge on any atom is -0.467 e. The molecule has 0 radical (unpaired) electrons. The van der Waals surface area contributed by atoms with Gasteiger partial charge in [0.1, 0.15) is 5.76 Å². The van der Waals surface area contributed by atoms with E-state index < -0.39 is 0 Å². The highest BCUT2D eigenvalue weighted by molar-refractivity contribution is 5.94. The Hall–Kier alpha value is -2.11. The lowest BCUT2D eigenvalue weighted by Gasteiger charge is -2.37. The van der Waals surface area contributed by atoms with Crippen LogP contribution in [0.25, 0.3) is 0 Å². The number of furan rings is 1. The summed E-state index contributed by atoms with van der Waals surface area (Å²) in [6, 6.07) is 14.1. The predicted molar refractivity (Wildman–Crippen MR) is 99.5 cm³/mol. The molecule has 1 aromatic heterocycles. The summed E-state index contributed by atoms with van der Waals surface area (Å²) >= 11 is 0. The fourth-order valence-electron chi connectivity index (χ4n) is 3.20. The van der Waals surface area contributed by atoms with E-state index in [1.54, 1.807) is 6.26 Å². The zero-order valence-electron chi connectivity index (χ0n) is 15.1. The third-order valence-corrected chi connectivity index (χ3v) is 4.76. The Kier molecular flexibility index (Phi) is 5.89. The molecule has 0 spiro atoms. The lowest BCUT2D eigenvalue weighted by Crippen LogP contribution is -2.51. The first kappa shape index (κ1) is 17.7. The van der Waals surface area contributed by atoms with Gasteiger partial charge in [0.2, 0.25) is 5.91 Å². The first-order chi connectivity index (χ1) is 12.1. The lowest BCUT2D eigenvalue weighted by atomic mass is 10.2. The summed E-state index contributed by atoms with van der Waals surface area (Å²) in [5, 5.41) is 0. The highest BCUT2D eigenvalue weighted by Crippen LogP contribution is 2.18. The molecule has 3 rings (SSSR count). The number of anilines is 1. The average molecular weight is 341 g/mol. The van der Waals surface area contributed by atoms with Crippen molar-refractivity contribution in [2.75, 3.05) is 37.6 Å². The van der Waals surface area contributed by atoms with Crippen LogP contribution >= 0.6 is 0 Å². The molecule has 0 unspecified atom stereocenters. The smallest absolute Gasteiger partial charge is 0.241 e. The standard InChI is InChI=1S/C20H27N3O2/c1-17(2)22-12-10-21(11-13-22)16-20(24)23(15-19-9-6-14-25-19)18-7-4-3-5-8-18/h3-9,14,17H,10-13,15-16H2,1-2H3. The first-order valence-corrected chi connectivity index (χ1v) is 8.97. The van der Waals surface area contributed by atoms with Crippen molar-refractivity contribution in [3.63, 3.8) is 0 Å². The number of hydrogen-bond acceptors (Lipinski definition) is 4. The molecule has 0 bridgehead atoms. The fraction of sp³-hybridized carbons (Fsp3) is 0.450. The highest BCUT2D eigenvalue weighted by atomic mass is 16.3. The largest absolute Gasteiger partial charge is 0.467 e. The van der Waals surface area contributed by atoms with E-state index in [2.05, 4.69) is 23.6 Å². The monoisotopic (exact) mass is 341 g/mol. The summed E-state index contributed by atoms with van der Waals surface area (Å²) in [6.07, 6.45) is 1.65. The van der Waals surface area contributed by atoms with Crippen molar-refractivity contribution < 1.29 is 9.21 Å². The van der Waals surface area contributed by atoms with Gasteiger partial charge in [-0.3, -0.25) is 14.6 Å². The summed E-state index contributed by atoms with van der Waals surface area (Å²) in [5.41, 5.74) is 0.907. The minimum absolute atomic E-state index is 0.112. The quantitative estimate of drug-likeness (QED) is 0.810. The third kappa shape index (κ3) is 4.71. The Balaban J connectivity index is 1.65. The second-order valence-electron chi connectivity index (χ2n) is 6.80. The second-order valence-corrected chi connectivity index (χ2v) is 6.80. The van der Waals surface area contributed by atoms with Crippen molar-refractivity contribution in [3.8, 4) is 0 Å². The number of piperazine rings is 1. The predicted octanol–water partition coefficient (Wildman–Crippen LogP) is 2.84. The molecule has 1 aliphatic rings. The van der Waals surface area contributed by atoms with Crippen LogP contribution in [-0.2, 0) is 11.3 Å². The maximum atomic E-state index is 13.0. The van der Waals surface area contributed by atoms with Crippen LogP contribution in [0.1, 0.15) is 19.6 Å². The highest BCUT2D eigenvalue weighted by Gasteiger charge is 2.24. The number of carbonyl (C=O) groups is 1. The van der Waals surface area contributed by atoms with Crippen LogP contribution in [0, 0.1) is 0 Å². The van der Waals surface area contributed by atoms with E-state index in [4.69, 9.17) is 4.42 Å². The molecule has 1 saturated heterocycles. The molecule has 2 heterocycles. The molecule has 25 heavy (non-hydrogen) atoms. The van der Waals surface area contributed by atoms with Crippen LogP contribution in [0.5, 0.6) is 0 Å². The van der Waals surface area contributed by atoms with Crippen molar-refractivity contribution in [2.45, 2.75) is 26.4 Å². The van der Waals surface area contributed by atoms with Gasteiger partial charge in [0.25, 0.3) is 0 Å². The van der Waals surface area contributed by atoms with Crippen LogP contribution in [-0.4, -0.2) is 54.5 Å². The number of benzene rings is 1. The molecule has 1 aromatic carbocycles. The SMILES string of the molecule is CC(C)N1CCN(CC(=O)N(Cc2ccco2)c2ccccc2)CC1. The van der Waals surface area contributed by atoms with Gasteiger partial charge in [0, 0.05) is 37.9 Å². The van der Waals surface area contributed by atoms with Gasteiger partial charge in [-0.25, -0.2) is 0 Å². The number of rotatable bonds is 6. The van der Waals surface area contributed by atoms with Crippen LogP contribution in [0.3, 0.4) is 0 Å². The molecule has 1 aliphatic heterocycles. The van der Waals surface area contributed by atoms with Gasteiger partial charge < -0.3 is 9.32 Å². The van der Waals surface area contributed by atoms with Gasteiger partial charge >= 0.3 is 0 Å². The molecule has 134 valence electrons. The topological polar surface area (TPSA) is 39.9 Å². The Morgan fingerprint density at radius 1 is 1.08 bits per heavy atom. The van der Waals surface area contributed by atoms with Gasteiger partial charge in [-0.2, -0.15) is 0 Å². The molecular weight excluding hydrogens is 314 g/mol. The van der Waals surface area contributed by atoms with E-state index in [1.165, 1.54) is 0 Å². The van der Waals surface area contributed by atoms with E-state index in [0.717, 1.165) is 37.6 Å². The van der Waals surface area contributed by atoms with Crippen LogP contribution < -0.4 is 4.90 Å².